The van der Waals surface area contributed by atoms with E-state index in [0.29, 0.717) is 16.7 Å². The number of carbonyl (C=O) groups is 1. The number of nitrogens with one attached hydrogen (secondary N) is 1. The third kappa shape index (κ3) is 5.38. The van der Waals surface area contributed by atoms with Crippen molar-refractivity contribution < 1.29 is 27.5 Å². The Morgan fingerprint density at radius 1 is 0.789 bits per heavy atom. The molecular weight excluding hydrogens is 494 g/mol. The smallest absolute Gasteiger partial charge is 0.386 e. The molecule has 0 aromatic heterocycles. The van der Waals surface area contributed by atoms with Gasteiger partial charge in [0.25, 0.3) is 5.91 Å². The van der Waals surface area contributed by atoms with Crippen molar-refractivity contribution in [3.63, 3.8) is 0 Å². The average molecular weight is 518 g/mol. The van der Waals surface area contributed by atoms with Crippen molar-refractivity contribution in [2.75, 3.05) is 0 Å². The summed E-state index contributed by atoms with van der Waals surface area (Å²) in [6, 6.07) is 26.0. The lowest BCUT2D eigenvalue weighted by atomic mass is 9.94. The summed E-state index contributed by atoms with van der Waals surface area (Å²) in [5.74, 6) is -0.920. The first-order chi connectivity index (χ1) is 18.2. The number of rotatable bonds is 6. The van der Waals surface area contributed by atoms with Gasteiger partial charge >= 0.3 is 6.18 Å². The molecule has 38 heavy (non-hydrogen) atoms. The number of amides is 1. The van der Waals surface area contributed by atoms with E-state index in [1.54, 1.807) is 12.1 Å². The summed E-state index contributed by atoms with van der Waals surface area (Å²) in [5, 5.41) is 17.6. The lowest BCUT2D eigenvalue weighted by Crippen LogP contribution is -2.41. The van der Waals surface area contributed by atoms with Gasteiger partial charge in [-0.3, -0.25) is 4.79 Å². The first-order valence-electron chi connectivity index (χ1n) is 12.0. The van der Waals surface area contributed by atoms with Crippen molar-refractivity contribution in [1.82, 2.24) is 5.32 Å². The number of fused-ring (bicyclic) bond motifs is 2. The number of hydrogen-bond donors (Lipinski definition) is 2. The van der Waals surface area contributed by atoms with Crippen molar-refractivity contribution in [3.8, 4) is 0 Å². The van der Waals surface area contributed by atoms with Crippen LogP contribution in [0.3, 0.4) is 0 Å². The predicted molar refractivity (Wildman–Crippen MR) is 139 cm³/mol. The number of halogens is 4. The topological polar surface area (TPSA) is 49.3 Å². The van der Waals surface area contributed by atoms with Crippen LogP contribution in [0.4, 0.5) is 17.6 Å². The van der Waals surface area contributed by atoms with Crippen molar-refractivity contribution in [2.24, 2.45) is 0 Å². The summed E-state index contributed by atoms with van der Waals surface area (Å²) in [7, 11) is 0. The van der Waals surface area contributed by atoms with Crippen LogP contribution < -0.4 is 5.32 Å². The van der Waals surface area contributed by atoms with Gasteiger partial charge in [-0.05, 0) is 81.6 Å². The summed E-state index contributed by atoms with van der Waals surface area (Å²) in [6.45, 7) is 0. The van der Waals surface area contributed by atoms with Crippen LogP contribution in [-0.4, -0.2) is 17.1 Å². The van der Waals surface area contributed by atoms with Crippen molar-refractivity contribution in [2.45, 2.75) is 24.7 Å². The van der Waals surface area contributed by atoms with Crippen molar-refractivity contribution in [3.05, 3.63) is 131 Å². The van der Waals surface area contributed by atoms with Crippen LogP contribution >= 0.6 is 0 Å². The Morgan fingerprint density at radius 3 is 2.08 bits per heavy atom. The van der Waals surface area contributed by atoms with Crippen molar-refractivity contribution >= 4 is 27.5 Å². The maximum atomic E-state index is 13.5. The van der Waals surface area contributed by atoms with Gasteiger partial charge in [-0.15, -0.1) is 0 Å². The summed E-state index contributed by atoms with van der Waals surface area (Å²) >= 11 is 0. The Hall–Kier alpha value is -4.23. The number of aliphatic hydroxyl groups is 1. The van der Waals surface area contributed by atoms with E-state index in [0.717, 1.165) is 33.7 Å². The van der Waals surface area contributed by atoms with Crippen LogP contribution in [0.1, 0.15) is 33.2 Å². The van der Waals surface area contributed by atoms with Crippen LogP contribution in [0.25, 0.3) is 21.5 Å². The fourth-order valence-corrected chi connectivity index (χ4v) is 4.63. The molecule has 0 fully saturated rings. The van der Waals surface area contributed by atoms with E-state index in [-0.39, 0.29) is 6.42 Å². The van der Waals surface area contributed by atoms with Gasteiger partial charge in [0, 0.05) is 5.56 Å². The quantitative estimate of drug-likeness (QED) is 0.185. The van der Waals surface area contributed by atoms with Gasteiger partial charge in [0.2, 0.25) is 0 Å². The lowest BCUT2D eigenvalue weighted by molar-refractivity contribution is -0.137. The molecule has 0 aliphatic heterocycles. The minimum Gasteiger partial charge on any atom is -0.386 e. The maximum absolute atomic E-state index is 13.5. The Kier molecular flexibility index (Phi) is 6.87. The Morgan fingerprint density at radius 2 is 1.42 bits per heavy atom. The van der Waals surface area contributed by atoms with Crippen LogP contribution in [-0.2, 0) is 12.6 Å². The van der Waals surface area contributed by atoms with Gasteiger partial charge in [0.15, 0.2) is 0 Å². The Labute approximate surface area is 216 Å². The molecule has 3 nitrogen and oxygen atoms in total. The standard InChI is InChI=1S/C31H23F4NO2/c32-25-14-10-20(11-15-25)29(37)28(16-19-8-12-24(13-9-19)31(33,34)35)36-30(38)26-7-3-6-23-17-21-4-1-2-5-22(21)18-27(23)26/h1-15,17-18,28-29,37H,16H2,(H,36,38). The molecule has 0 radical (unpaired) electrons. The molecule has 0 saturated heterocycles. The first kappa shape index (κ1) is 25.4. The highest BCUT2D eigenvalue weighted by Gasteiger charge is 2.30. The zero-order chi connectivity index (χ0) is 26.9. The average Bonchev–Trinajstić information content (AvgIpc) is 2.91. The van der Waals surface area contributed by atoms with Crippen molar-refractivity contribution in [1.29, 1.82) is 0 Å². The molecule has 5 rings (SSSR count). The molecule has 0 saturated carbocycles. The number of alkyl halides is 3. The normalized spacial score (nSPS) is 13.4. The van der Waals surface area contributed by atoms with Crippen LogP contribution in [0.15, 0.2) is 103 Å². The van der Waals surface area contributed by atoms with Gasteiger partial charge in [0.1, 0.15) is 5.82 Å². The zero-order valence-electron chi connectivity index (χ0n) is 20.0. The molecular formula is C31H23F4NO2. The summed E-state index contributed by atoms with van der Waals surface area (Å²) in [4.78, 5) is 13.5. The molecule has 0 aliphatic carbocycles. The lowest BCUT2D eigenvalue weighted by Gasteiger charge is -2.25. The van der Waals surface area contributed by atoms with E-state index in [2.05, 4.69) is 5.32 Å². The Bertz CT molecular complexity index is 1600. The molecule has 192 valence electrons. The number of hydrogen-bond acceptors (Lipinski definition) is 2. The fourth-order valence-electron chi connectivity index (χ4n) is 4.63. The van der Waals surface area contributed by atoms with E-state index >= 15 is 0 Å². The molecule has 0 bridgehead atoms. The van der Waals surface area contributed by atoms with Gasteiger partial charge in [0.05, 0.1) is 17.7 Å². The van der Waals surface area contributed by atoms with E-state index in [1.807, 2.05) is 42.5 Å². The molecule has 0 aliphatic rings. The third-order valence-electron chi connectivity index (χ3n) is 6.64. The van der Waals surface area contributed by atoms with Crippen LogP contribution in [0, 0.1) is 5.82 Å². The highest BCUT2D eigenvalue weighted by atomic mass is 19.4. The molecule has 5 aromatic carbocycles. The maximum Gasteiger partial charge on any atom is 0.416 e. The minimum atomic E-state index is -4.47. The van der Waals surface area contributed by atoms with E-state index in [4.69, 9.17) is 0 Å². The fraction of sp³-hybridized carbons (Fsp3) is 0.129. The zero-order valence-corrected chi connectivity index (χ0v) is 20.0. The van der Waals surface area contributed by atoms with Gasteiger partial charge in [-0.25, -0.2) is 4.39 Å². The molecule has 2 atom stereocenters. The van der Waals surface area contributed by atoms with E-state index < -0.39 is 35.6 Å². The summed E-state index contributed by atoms with van der Waals surface area (Å²) < 4.78 is 52.5. The molecule has 1 amide bonds. The van der Waals surface area contributed by atoms with Crippen LogP contribution in [0.5, 0.6) is 0 Å². The summed E-state index contributed by atoms with van der Waals surface area (Å²) in [6.07, 6.45) is -5.66. The first-order valence-corrected chi connectivity index (χ1v) is 12.0. The molecule has 0 spiro atoms. The molecule has 5 aromatic rings. The third-order valence-corrected chi connectivity index (χ3v) is 6.64. The van der Waals surface area contributed by atoms with Gasteiger partial charge < -0.3 is 10.4 Å². The number of carbonyl (C=O) groups excluding carboxylic acids is 1. The number of aliphatic hydroxyl groups excluding tert-OH is 1. The second-order valence-electron chi connectivity index (χ2n) is 9.20. The van der Waals surface area contributed by atoms with E-state index in [9.17, 15) is 27.5 Å². The van der Waals surface area contributed by atoms with Crippen LogP contribution in [0.2, 0.25) is 0 Å². The Balaban J connectivity index is 1.48. The molecule has 2 unspecified atom stereocenters. The molecule has 7 heteroatoms. The predicted octanol–water partition coefficient (Wildman–Crippen LogP) is 7.23. The SMILES string of the molecule is O=C(NC(Cc1ccc(C(F)(F)F)cc1)C(O)c1ccc(F)cc1)c1cccc2cc3ccccc3cc12. The highest BCUT2D eigenvalue weighted by molar-refractivity contribution is 6.10. The second-order valence-corrected chi connectivity index (χ2v) is 9.20. The monoisotopic (exact) mass is 517 g/mol. The minimum absolute atomic E-state index is 0.0517. The van der Waals surface area contributed by atoms with Gasteiger partial charge in [-0.1, -0.05) is 60.7 Å². The molecule has 0 heterocycles. The largest absolute Gasteiger partial charge is 0.416 e. The van der Waals surface area contributed by atoms with Gasteiger partial charge in [-0.2, -0.15) is 13.2 Å². The van der Waals surface area contributed by atoms with E-state index in [1.165, 1.54) is 36.4 Å². The second kappa shape index (κ2) is 10.3. The highest BCUT2D eigenvalue weighted by Crippen LogP contribution is 2.30. The summed E-state index contributed by atoms with van der Waals surface area (Å²) in [5.41, 5.74) is 0.474. The number of benzene rings is 5. The molecule has 2 N–H and O–H groups in total.